The lowest BCUT2D eigenvalue weighted by Gasteiger charge is -2.24. The summed E-state index contributed by atoms with van der Waals surface area (Å²) in [6.45, 7) is 5.33. The first kappa shape index (κ1) is 22.6. The number of hydrogen-bond donors (Lipinski definition) is 1. The van der Waals surface area contributed by atoms with Crippen molar-refractivity contribution in [2.75, 3.05) is 5.75 Å². The van der Waals surface area contributed by atoms with Crippen LogP contribution < -0.4 is 0 Å². The molecule has 0 spiro atoms. The van der Waals surface area contributed by atoms with Gasteiger partial charge in [-0.25, -0.2) is 8.42 Å². The molecule has 0 saturated carbocycles. The molecule has 3 nitrogen and oxygen atoms in total. The Kier molecular flexibility index (Phi) is 8.26. The molecule has 0 aliphatic carbocycles. The van der Waals surface area contributed by atoms with E-state index in [9.17, 15) is 13.5 Å². The van der Waals surface area contributed by atoms with E-state index >= 15 is 0 Å². The van der Waals surface area contributed by atoms with Gasteiger partial charge in [-0.05, 0) is 56.7 Å². The van der Waals surface area contributed by atoms with Gasteiger partial charge >= 0.3 is 0 Å². The fraction of sp³-hybridized carbons (Fsp3) is 0.500. The lowest BCUT2D eigenvalue weighted by Crippen LogP contribution is -2.22. The monoisotopic (exact) mass is 402 g/mol. The predicted molar refractivity (Wildman–Crippen MR) is 117 cm³/mol. The smallest absolute Gasteiger partial charge is 0.152 e. The van der Waals surface area contributed by atoms with Crippen LogP contribution >= 0.6 is 0 Å². The molecule has 154 valence electrons. The molecule has 0 fully saturated rings. The Morgan fingerprint density at radius 1 is 0.821 bits per heavy atom. The Bertz CT molecular complexity index is 807. The van der Waals surface area contributed by atoms with E-state index in [2.05, 4.69) is 12.1 Å². The summed E-state index contributed by atoms with van der Waals surface area (Å²) in [5, 5.41) is 10.6. The van der Waals surface area contributed by atoms with E-state index in [1.165, 1.54) is 5.56 Å². The van der Waals surface area contributed by atoms with Gasteiger partial charge in [0.2, 0.25) is 0 Å². The molecule has 0 aromatic heterocycles. The Balaban J connectivity index is 1.73. The standard InChI is InChI=1S/C24H34O3S/c1-20(2)28(26,27)19-11-6-4-5-8-12-21-15-17-23(18-16-21)24(3,25)22-13-9-7-10-14-22/h7,9-10,13-18,20,25H,4-6,8,11-12,19H2,1-3H3. The Labute approximate surface area is 170 Å². The van der Waals surface area contributed by atoms with Gasteiger partial charge < -0.3 is 5.11 Å². The molecule has 1 N–H and O–H groups in total. The molecule has 0 heterocycles. The molecule has 2 aromatic carbocycles. The molecule has 0 amide bonds. The highest BCUT2D eigenvalue weighted by Gasteiger charge is 2.24. The van der Waals surface area contributed by atoms with Crippen LogP contribution in [0.3, 0.4) is 0 Å². The number of benzene rings is 2. The predicted octanol–water partition coefficient (Wildman–Crippen LogP) is 5.26. The number of rotatable bonds is 11. The third-order valence-electron chi connectivity index (χ3n) is 5.46. The lowest BCUT2D eigenvalue weighted by atomic mass is 9.87. The third-order valence-corrected chi connectivity index (χ3v) is 7.76. The zero-order chi connectivity index (χ0) is 20.6. The van der Waals surface area contributed by atoms with Gasteiger partial charge in [-0.3, -0.25) is 0 Å². The molecule has 0 aliphatic rings. The average molecular weight is 403 g/mol. The van der Waals surface area contributed by atoms with Gasteiger partial charge in [-0.15, -0.1) is 0 Å². The van der Waals surface area contributed by atoms with Gasteiger partial charge in [0.15, 0.2) is 9.84 Å². The van der Waals surface area contributed by atoms with E-state index in [-0.39, 0.29) is 5.25 Å². The first-order valence-corrected chi connectivity index (χ1v) is 12.0. The second-order valence-corrected chi connectivity index (χ2v) is 10.7. The molecule has 2 rings (SSSR count). The molecular formula is C24H34O3S. The second kappa shape index (κ2) is 10.2. The molecular weight excluding hydrogens is 368 g/mol. The Morgan fingerprint density at radius 3 is 1.96 bits per heavy atom. The van der Waals surface area contributed by atoms with Crippen LogP contribution in [0.2, 0.25) is 0 Å². The lowest BCUT2D eigenvalue weighted by molar-refractivity contribution is 0.102. The van der Waals surface area contributed by atoms with Gasteiger partial charge in [0, 0.05) is 0 Å². The summed E-state index contributed by atoms with van der Waals surface area (Å²) in [4.78, 5) is 0. The third kappa shape index (κ3) is 6.46. The summed E-state index contributed by atoms with van der Waals surface area (Å²) in [6, 6.07) is 17.9. The van der Waals surface area contributed by atoms with Crippen molar-refractivity contribution in [2.24, 2.45) is 0 Å². The molecule has 28 heavy (non-hydrogen) atoms. The van der Waals surface area contributed by atoms with Crippen molar-refractivity contribution in [1.29, 1.82) is 0 Å². The van der Waals surface area contributed by atoms with Crippen molar-refractivity contribution in [1.82, 2.24) is 0 Å². The topological polar surface area (TPSA) is 54.4 Å². The van der Waals surface area contributed by atoms with E-state index in [1.807, 2.05) is 49.4 Å². The first-order valence-electron chi connectivity index (χ1n) is 10.3. The number of aryl methyl sites for hydroxylation is 1. The minimum atomic E-state index is -2.89. The summed E-state index contributed by atoms with van der Waals surface area (Å²) >= 11 is 0. The van der Waals surface area contributed by atoms with Crippen molar-refractivity contribution in [2.45, 2.75) is 70.1 Å². The first-order chi connectivity index (χ1) is 13.2. The van der Waals surface area contributed by atoms with Crippen LogP contribution in [0.1, 0.15) is 69.6 Å². The largest absolute Gasteiger partial charge is 0.381 e. The van der Waals surface area contributed by atoms with Gasteiger partial charge in [0.25, 0.3) is 0 Å². The Hall–Kier alpha value is -1.65. The zero-order valence-electron chi connectivity index (χ0n) is 17.4. The maximum absolute atomic E-state index is 11.8. The minimum absolute atomic E-state index is 0.266. The number of hydrogen-bond acceptors (Lipinski definition) is 3. The van der Waals surface area contributed by atoms with Crippen LogP contribution in [0.5, 0.6) is 0 Å². The summed E-state index contributed by atoms with van der Waals surface area (Å²) in [5.41, 5.74) is 2.07. The second-order valence-electron chi connectivity index (χ2n) is 8.07. The van der Waals surface area contributed by atoms with Gasteiger partial charge in [-0.1, -0.05) is 73.9 Å². The van der Waals surface area contributed by atoms with Crippen molar-refractivity contribution >= 4 is 9.84 Å². The van der Waals surface area contributed by atoms with Crippen molar-refractivity contribution < 1.29 is 13.5 Å². The molecule has 0 radical (unpaired) electrons. The van der Waals surface area contributed by atoms with Crippen LogP contribution in [0.25, 0.3) is 0 Å². The maximum Gasteiger partial charge on any atom is 0.152 e. The molecule has 0 saturated heterocycles. The number of unbranched alkanes of at least 4 members (excludes halogenated alkanes) is 4. The fourth-order valence-electron chi connectivity index (χ4n) is 3.32. The SMILES string of the molecule is CC(C)S(=O)(=O)CCCCCCCc1ccc(C(C)(O)c2ccccc2)cc1. The number of sulfone groups is 1. The fourth-order valence-corrected chi connectivity index (χ4v) is 4.40. The van der Waals surface area contributed by atoms with E-state index < -0.39 is 15.4 Å². The van der Waals surface area contributed by atoms with Crippen molar-refractivity contribution in [3.05, 3.63) is 71.3 Å². The molecule has 0 bridgehead atoms. The zero-order valence-corrected chi connectivity index (χ0v) is 18.2. The minimum Gasteiger partial charge on any atom is -0.381 e. The summed E-state index contributed by atoms with van der Waals surface area (Å²) in [7, 11) is -2.89. The highest BCUT2D eigenvalue weighted by molar-refractivity contribution is 7.91. The Morgan fingerprint density at radius 2 is 1.36 bits per heavy atom. The van der Waals surface area contributed by atoms with Gasteiger partial charge in [-0.2, -0.15) is 0 Å². The average Bonchev–Trinajstić information content (AvgIpc) is 2.68. The molecule has 1 unspecified atom stereocenters. The van der Waals surface area contributed by atoms with Gasteiger partial charge in [0.1, 0.15) is 5.60 Å². The highest BCUT2D eigenvalue weighted by Crippen LogP contribution is 2.29. The molecule has 0 aliphatic heterocycles. The van der Waals surface area contributed by atoms with E-state index in [0.29, 0.717) is 5.75 Å². The van der Waals surface area contributed by atoms with Crippen molar-refractivity contribution in [3.63, 3.8) is 0 Å². The van der Waals surface area contributed by atoms with Crippen LogP contribution in [-0.4, -0.2) is 24.5 Å². The summed E-state index contributed by atoms with van der Waals surface area (Å²) < 4.78 is 23.5. The van der Waals surface area contributed by atoms with Crippen LogP contribution in [0, 0.1) is 0 Å². The maximum atomic E-state index is 11.8. The summed E-state index contributed by atoms with van der Waals surface area (Å²) in [6.07, 6.45) is 6.05. The van der Waals surface area contributed by atoms with Crippen LogP contribution in [0.4, 0.5) is 0 Å². The van der Waals surface area contributed by atoms with E-state index in [1.54, 1.807) is 13.8 Å². The quantitative estimate of drug-likeness (QED) is 0.522. The highest BCUT2D eigenvalue weighted by atomic mass is 32.2. The van der Waals surface area contributed by atoms with Gasteiger partial charge in [0.05, 0.1) is 11.0 Å². The molecule has 4 heteroatoms. The molecule has 1 atom stereocenters. The van der Waals surface area contributed by atoms with Crippen LogP contribution in [-0.2, 0) is 21.9 Å². The normalized spacial score (nSPS) is 14.2. The van der Waals surface area contributed by atoms with Crippen molar-refractivity contribution in [3.8, 4) is 0 Å². The van der Waals surface area contributed by atoms with E-state index in [0.717, 1.165) is 49.7 Å². The molecule has 2 aromatic rings. The summed E-state index contributed by atoms with van der Waals surface area (Å²) in [5.74, 6) is 0.313. The van der Waals surface area contributed by atoms with E-state index in [4.69, 9.17) is 0 Å². The number of aliphatic hydroxyl groups is 1. The van der Waals surface area contributed by atoms with Crippen LogP contribution in [0.15, 0.2) is 54.6 Å².